The number of aromatic nitrogens is 2. The summed E-state index contributed by atoms with van der Waals surface area (Å²) in [7, 11) is 0. The molecule has 4 aromatic rings. The molecule has 1 heterocycles. The van der Waals surface area contributed by atoms with Gasteiger partial charge in [0.1, 0.15) is 6.61 Å². The Hall–Kier alpha value is -3.90. The van der Waals surface area contributed by atoms with E-state index in [1.54, 1.807) is 36.4 Å². The molecule has 0 spiro atoms. The number of benzene rings is 3. The molecule has 3 aromatic carbocycles. The van der Waals surface area contributed by atoms with Crippen molar-refractivity contribution in [1.29, 1.82) is 0 Å². The van der Waals surface area contributed by atoms with Crippen molar-refractivity contribution in [2.75, 3.05) is 0 Å². The number of amides is 1. The van der Waals surface area contributed by atoms with E-state index in [2.05, 4.69) is 10.4 Å². The van der Waals surface area contributed by atoms with Crippen LogP contribution < -0.4 is 15.6 Å². The first kappa shape index (κ1) is 21.3. The van der Waals surface area contributed by atoms with E-state index in [0.717, 1.165) is 11.1 Å². The van der Waals surface area contributed by atoms with Crippen LogP contribution in [0.2, 0.25) is 5.02 Å². The van der Waals surface area contributed by atoms with Gasteiger partial charge in [-0.2, -0.15) is 4.68 Å². The van der Waals surface area contributed by atoms with Gasteiger partial charge in [-0.05, 0) is 47.5 Å². The minimum Gasteiger partial charge on any atom is -0.472 e. The Morgan fingerprint density at radius 3 is 2.31 bits per heavy atom. The van der Waals surface area contributed by atoms with Crippen molar-refractivity contribution in [2.45, 2.75) is 13.2 Å². The van der Waals surface area contributed by atoms with Crippen molar-refractivity contribution in [3.63, 3.8) is 0 Å². The smallest absolute Gasteiger partial charge is 0.271 e. The molecule has 7 heteroatoms. The highest BCUT2D eigenvalue weighted by molar-refractivity contribution is 6.30. The molecule has 0 atom stereocenters. The van der Waals surface area contributed by atoms with E-state index in [4.69, 9.17) is 16.3 Å². The van der Waals surface area contributed by atoms with Crippen LogP contribution in [0.3, 0.4) is 0 Å². The second-order valence-corrected chi connectivity index (χ2v) is 7.49. The Labute approximate surface area is 190 Å². The van der Waals surface area contributed by atoms with Crippen LogP contribution in [0.1, 0.15) is 21.5 Å². The summed E-state index contributed by atoms with van der Waals surface area (Å²) in [4.78, 5) is 24.7. The van der Waals surface area contributed by atoms with E-state index in [0.29, 0.717) is 35.3 Å². The maximum atomic E-state index is 12.4. The molecular weight excluding hydrogens is 426 g/mol. The lowest BCUT2D eigenvalue weighted by molar-refractivity contribution is 0.0951. The van der Waals surface area contributed by atoms with Crippen LogP contribution in [-0.4, -0.2) is 15.7 Å². The van der Waals surface area contributed by atoms with Gasteiger partial charge < -0.3 is 10.1 Å². The van der Waals surface area contributed by atoms with Crippen molar-refractivity contribution >= 4 is 17.5 Å². The highest BCUT2D eigenvalue weighted by Crippen LogP contribution is 2.13. The Morgan fingerprint density at radius 1 is 0.875 bits per heavy atom. The summed E-state index contributed by atoms with van der Waals surface area (Å²) >= 11 is 5.89. The number of nitrogens with one attached hydrogen (secondary N) is 1. The molecular formula is C25H20ClN3O3. The lowest BCUT2D eigenvalue weighted by Gasteiger charge is -2.10. The van der Waals surface area contributed by atoms with Crippen LogP contribution in [0.5, 0.6) is 5.88 Å². The second-order valence-electron chi connectivity index (χ2n) is 7.05. The van der Waals surface area contributed by atoms with Gasteiger partial charge in [0, 0.05) is 29.3 Å². The van der Waals surface area contributed by atoms with Gasteiger partial charge in [0.15, 0.2) is 0 Å². The average Bonchev–Trinajstić information content (AvgIpc) is 2.84. The maximum Gasteiger partial charge on any atom is 0.271 e. The topological polar surface area (TPSA) is 73.2 Å². The molecule has 1 N–H and O–H groups in total. The van der Waals surface area contributed by atoms with E-state index in [1.807, 2.05) is 42.5 Å². The minimum absolute atomic E-state index is 0.194. The van der Waals surface area contributed by atoms with Gasteiger partial charge in [0.2, 0.25) is 5.88 Å². The fourth-order valence-electron chi connectivity index (χ4n) is 3.03. The lowest BCUT2D eigenvalue weighted by atomic mass is 10.2. The summed E-state index contributed by atoms with van der Waals surface area (Å²) < 4.78 is 6.95. The molecule has 0 unspecified atom stereocenters. The van der Waals surface area contributed by atoms with Crippen molar-refractivity contribution in [2.24, 2.45) is 0 Å². The number of nitrogens with zero attached hydrogens (tertiary/aromatic N) is 2. The summed E-state index contributed by atoms with van der Waals surface area (Å²) in [5.74, 6) is 0.116. The van der Waals surface area contributed by atoms with Gasteiger partial charge in [-0.3, -0.25) is 9.59 Å². The second kappa shape index (κ2) is 9.94. The third-order valence-electron chi connectivity index (χ3n) is 4.75. The molecule has 0 aliphatic rings. The number of hydrogen-bond donors (Lipinski definition) is 1. The van der Waals surface area contributed by atoms with E-state index in [9.17, 15) is 9.59 Å². The number of halogens is 1. The van der Waals surface area contributed by atoms with Crippen LogP contribution in [0.15, 0.2) is 95.8 Å². The summed E-state index contributed by atoms with van der Waals surface area (Å²) in [6, 6.07) is 26.6. The van der Waals surface area contributed by atoms with Gasteiger partial charge in [-0.15, -0.1) is 5.10 Å². The fraction of sp³-hybridized carbons (Fsp3) is 0.0800. The van der Waals surface area contributed by atoms with Crippen molar-refractivity contribution < 1.29 is 9.53 Å². The number of hydrogen-bond acceptors (Lipinski definition) is 4. The van der Waals surface area contributed by atoms with Crippen LogP contribution in [-0.2, 0) is 13.2 Å². The molecule has 0 radical (unpaired) electrons. The first-order valence-electron chi connectivity index (χ1n) is 9.99. The molecule has 32 heavy (non-hydrogen) atoms. The van der Waals surface area contributed by atoms with Gasteiger partial charge in [-0.1, -0.05) is 54.1 Å². The highest BCUT2D eigenvalue weighted by Gasteiger charge is 2.08. The molecule has 1 aromatic heterocycles. The van der Waals surface area contributed by atoms with Crippen LogP contribution in [0, 0.1) is 0 Å². The van der Waals surface area contributed by atoms with Crippen LogP contribution >= 0.6 is 11.6 Å². The van der Waals surface area contributed by atoms with E-state index in [1.165, 1.54) is 16.8 Å². The Morgan fingerprint density at radius 2 is 1.59 bits per heavy atom. The molecule has 0 aliphatic heterocycles. The van der Waals surface area contributed by atoms with E-state index < -0.39 is 0 Å². The SMILES string of the molecule is O=C(NCc1ccccc1)c1ccc(-n2nc(OCc3ccc(Cl)cc3)ccc2=O)cc1. The van der Waals surface area contributed by atoms with Gasteiger partial charge in [-0.25, -0.2) is 0 Å². The molecule has 6 nitrogen and oxygen atoms in total. The van der Waals surface area contributed by atoms with Gasteiger partial charge in [0.05, 0.1) is 5.69 Å². The molecule has 1 amide bonds. The zero-order chi connectivity index (χ0) is 22.3. The normalized spacial score (nSPS) is 10.5. The third-order valence-corrected chi connectivity index (χ3v) is 5.00. The zero-order valence-electron chi connectivity index (χ0n) is 17.1. The third kappa shape index (κ3) is 5.42. The molecule has 4 rings (SSSR count). The largest absolute Gasteiger partial charge is 0.472 e. The monoisotopic (exact) mass is 445 g/mol. The average molecular weight is 446 g/mol. The predicted octanol–water partition coefficient (Wildman–Crippen LogP) is 4.39. The Balaban J connectivity index is 1.43. The molecule has 0 fully saturated rings. The minimum atomic E-state index is -0.301. The molecule has 0 bridgehead atoms. The number of ether oxygens (including phenoxy) is 1. The summed E-state index contributed by atoms with van der Waals surface area (Å²) in [6.07, 6.45) is 0. The Bertz CT molecular complexity index is 1250. The van der Waals surface area contributed by atoms with Crippen molar-refractivity contribution in [3.05, 3.63) is 123 Å². The first-order valence-corrected chi connectivity index (χ1v) is 10.4. The molecule has 0 saturated heterocycles. The predicted molar refractivity (Wildman–Crippen MR) is 123 cm³/mol. The zero-order valence-corrected chi connectivity index (χ0v) is 17.8. The fourth-order valence-corrected chi connectivity index (χ4v) is 3.15. The number of rotatable bonds is 7. The van der Waals surface area contributed by atoms with Crippen molar-refractivity contribution in [3.8, 4) is 11.6 Å². The number of carbonyl (C=O) groups is 1. The van der Waals surface area contributed by atoms with E-state index >= 15 is 0 Å². The number of carbonyl (C=O) groups excluding carboxylic acids is 1. The van der Waals surface area contributed by atoms with Gasteiger partial charge in [0.25, 0.3) is 11.5 Å². The molecule has 0 saturated carbocycles. The summed E-state index contributed by atoms with van der Waals surface area (Å²) in [5, 5.41) is 7.81. The lowest BCUT2D eigenvalue weighted by Crippen LogP contribution is -2.23. The highest BCUT2D eigenvalue weighted by atomic mass is 35.5. The van der Waals surface area contributed by atoms with Crippen molar-refractivity contribution in [1.82, 2.24) is 15.1 Å². The Kier molecular flexibility index (Phi) is 6.63. The maximum absolute atomic E-state index is 12.4. The van der Waals surface area contributed by atoms with Crippen LogP contribution in [0.4, 0.5) is 0 Å². The summed E-state index contributed by atoms with van der Waals surface area (Å²) in [6.45, 7) is 0.734. The van der Waals surface area contributed by atoms with E-state index in [-0.39, 0.29) is 11.5 Å². The molecule has 160 valence electrons. The quantitative estimate of drug-likeness (QED) is 0.457. The van der Waals surface area contributed by atoms with Gasteiger partial charge >= 0.3 is 0 Å². The first-order chi connectivity index (χ1) is 15.6. The standard InChI is InChI=1S/C25H20ClN3O3/c26-21-10-6-19(7-11-21)17-32-23-14-15-24(30)29(28-23)22-12-8-20(9-13-22)25(31)27-16-18-4-2-1-3-5-18/h1-15H,16-17H2,(H,27,31). The molecule has 0 aliphatic carbocycles. The summed E-state index contributed by atoms with van der Waals surface area (Å²) in [5.41, 5.74) is 2.67. The van der Waals surface area contributed by atoms with Crippen LogP contribution in [0.25, 0.3) is 5.69 Å².